The second-order valence-electron chi connectivity index (χ2n) is 18.2. The molecule has 0 radical (unpaired) electrons. The van der Waals surface area contributed by atoms with Crippen molar-refractivity contribution in [3.8, 4) is 0 Å². The Morgan fingerprint density at radius 1 is 0.821 bits per heavy atom. The van der Waals surface area contributed by atoms with Crippen molar-refractivity contribution in [3.05, 3.63) is 163 Å². The van der Waals surface area contributed by atoms with Crippen molar-refractivity contribution >= 4 is 49.0 Å². The number of thiazole rings is 1. The number of allylic oxidation sites excluding steroid dienone is 20. The number of nitrogens with two attached hydrogens (primary N) is 1. The molecule has 0 spiro atoms. The third-order valence-electron chi connectivity index (χ3n) is 11.4. The minimum Gasteiger partial charge on any atom is -0.756 e. The fraction of sp³-hybridized carbons (Fsp3) is 0.404. The topological polar surface area (TPSA) is 200 Å². The number of ketones is 2. The molecule has 0 amide bonds. The van der Waals surface area contributed by atoms with Crippen LogP contribution in [0.4, 0.5) is 5.82 Å². The number of rotatable bonds is 16. The molecule has 2 aliphatic rings. The van der Waals surface area contributed by atoms with Crippen LogP contribution in [0.25, 0.3) is 0 Å². The lowest BCUT2D eigenvalue weighted by atomic mass is 9.71. The van der Waals surface area contributed by atoms with Gasteiger partial charge in [0.1, 0.15) is 23.9 Å². The lowest BCUT2D eigenvalue weighted by molar-refractivity contribution is -0.689. The van der Waals surface area contributed by atoms with Crippen LogP contribution in [-0.2, 0) is 31.6 Å². The highest BCUT2D eigenvalue weighted by Gasteiger charge is 2.37. The normalized spacial score (nSPS) is 20.7. The minimum absolute atomic E-state index is 0. The summed E-state index contributed by atoms with van der Waals surface area (Å²) in [4.78, 5) is 52.8. The van der Waals surface area contributed by atoms with Gasteiger partial charge in [0.25, 0.3) is 7.82 Å². The van der Waals surface area contributed by atoms with Crippen LogP contribution in [0.1, 0.15) is 104 Å². The van der Waals surface area contributed by atoms with Crippen molar-refractivity contribution < 1.29 is 43.2 Å². The highest BCUT2D eigenvalue weighted by Crippen LogP contribution is 2.41. The molecule has 12 nitrogen and oxygen atoms in total. The molecular formula is C52H70ClN4O8PS. The molecular weight excluding hydrogens is 907 g/mol. The number of phosphoric ester groups is 1. The molecule has 3 atom stereocenters. The van der Waals surface area contributed by atoms with Gasteiger partial charge < -0.3 is 30.3 Å². The number of carbonyl (C=O) groups excluding carboxylic acids is 2. The summed E-state index contributed by atoms with van der Waals surface area (Å²) in [6.07, 6.45) is 29.6. The van der Waals surface area contributed by atoms with Crippen LogP contribution < -0.4 is 15.2 Å². The van der Waals surface area contributed by atoms with Crippen LogP contribution >= 0.6 is 31.6 Å². The van der Waals surface area contributed by atoms with Gasteiger partial charge in [-0.3, -0.25) is 14.2 Å². The van der Waals surface area contributed by atoms with E-state index in [1.807, 2.05) is 91.6 Å². The Hall–Kier alpha value is -4.69. The predicted molar refractivity (Wildman–Crippen MR) is 271 cm³/mol. The third-order valence-corrected chi connectivity index (χ3v) is 13.1. The van der Waals surface area contributed by atoms with Crippen LogP contribution in [0, 0.1) is 24.7 Å². The highest BCUT2D eigenvalue weighted by molar-refractivity contribution is 7.44. The van der Waals surface area contributed by atoms with Crippen LogP contribution in [0.15, 0.2) is 141 Å². The molecule has 2 aliphatic carbocycles. The number of aromatic nitrogens is 3. The number of aryl methyl sites for hydroxylation is 1. The van der Waals surface area contributed by atoms with E-state index in [9.17, 15) is 29.3 Å². The van der Waals surface area contributed by atoms with E-state index in [4.69, 9.17) is 10.6 Å². The van der Waals surface area contributed by atoms with Crippen LogP contribution in [0.3, 0.4) is 0 Å². The first-order chi connectivity index (χ1) is 30.7. The molecule has 3 unspecified atom stereocenters. The second-order valence-corrected chi connectivity index (χ2v) is 20.3. The number of aliphatic hydroxyl groups is 2. The van der Waals surface area contributed by atoms with E-state index in [1.165, 1.54) is 11.3 Å². The molecule has 0 saturated heterocycles. The number of halogens is 1. The second kappa shape index (κ2) is 26.2. The van der Waals surface area contributed by atoms with Crippen molar-refractivity contribution in [2.24, 2.45) is 10.8 Å². The third kappa shape index (κ3) is 18.7. The van der Waals surface area contributed by atoms with Gasteiger partial charge in [0.05, 0.1) is 17.0 Å². The number of nitrogens with zero attached hydrogens (tertiary/aromatic N) is 3. The van der Waals surface area contributed by atoms with Gasteiger partial charge in [0.2, 0.25) is 5.51 Å². The number of hydrogen-bond acceptors (Lipinski definition) is 11. The number of anilines is 1. The average molecular weight is 978 g/mol. The van der Waals surface area contributed by atoms with Gasteiger partial charge in [0, 0.05) is 19.5 Å². The number of carbonyl (C=O) groups is 2. The molecule has 2 aromatic rings. The zero-order valence-corrected chi connectivity index (χ0v) is 43.5. The van der Waals surface area contributed by atoms with E-state index in [-0.39, 0.29) is 41.4 Å². The molecule has 0 bridgehead atoms. The summed E-state index contributed by atoms with van der Waals surface area (Å²) in [6, 6.07) is 0. The first-order valence-corrected chi connectivity index (χ1v) is 24.3. The largest absolute Gasteiger partial charge is 0.756 e. The van der Waals surface area contributed by atoms with E-state index in [2.05, 4.69) is 80.3 Å². The molecule has 0 fully saturated rings. The zero-order chi connectivity index (χ0) is 49.6. The number of Topliss-reactive ketones (excluding diaryl/α,β-unsaturated/α-hetero) is 2. The van der Waals surface area contributed by atoms with Gasteiger partial charge in [-0.2, -0.15) is 4.57 Å². The summed E-state index contributed by atoms with van der Waals surface area (Å²) >= 11 is 1.48. The maximum Gasteiger partial charge on any atom is 0.265 e. The summed E-state index contributed by atoms with van der Waals surface area (Å²) in [5.74, 6) is 0.720. The SMILES string of the molecule is CC1=C(/C=C/C(C)=C/C=C/C(C)=C/C=C/C=C(C)/C=C/C=C(C)/C=C/C2=C(C)C(=O)C(O)CC2(C)C)C(C)(C)CC(O)C1=O.Cc1ncc(C[n+]2csc(CCOP(=O)([O-])O)c2C)c(N)n1.Cl. The van der Waals surface area contributed by atoms with Gasteiger partial charge in [-0.1, -0.05) is 146 Å². The Balaban J connectivity index is 0.000000559. The molecule has 0 aliphatic heterocycles. The average Bonchev–Trinajstić information content (AvgIpc) is 3.55. The zero-order valence-electron chi connectivity index (χ0n) is 41.0. The van der Waals surface area contributed by atoms with Gasteiger partial charge >= 0.3 is 0 Å². The van der Waals surface area contributed by atoms with Gasteiger partial charge in [-0.15, -0.1) is 12.4 Å². The lowest BCUT2D eigenvalue weighted by Crippen LogP contribution is -2.35. The fourth-order valence-electron chi connectivity index (χ4n) is 7.54. The standard InChI is InChI=1S/C40H52O4.C12H17N4O4PS.ClH/c1-27(17-13-19-29(3)21-23-33-31(5)37(43)35(41)25-39(33,7)8)15-11-12-16-28(2)18-14-20-30(4)22-24-34-32(6)38(44)36(42)26-40(34,9)10;1-8-11(3-4-20-21(17,18)19)22-7-16(8)6-10-5-14-9(2)15-12(10)13;/h11-24,35-36,41-42H,25-26H2,1-10H3;5,7H,3-4,6H2,1-2H3,(H3-,13,14,15,17,18,19);1H/b12-11+,17-13+,18-14+,23-21+,24-22+,27-15+,28-16+,29-19+,30-20+;;. The Labute approximate surface area is 407 Å². The first kappa shape index (κ1) is 58.4. The summed E-state index contributed by atoms with van der Waals surface area (Å²) in [7, 11) is -4.66. The highest BCUT2D eigenvalue weighted by atomic mass is 35.5. The van der Waals surface area contributed by atoms with Gasteiger partial charge in [-0.25, -0.2) is 9.97 Å². The molecule has 0 saturated carbocycles. The van der Waals surface area contributed by atoms with Crippen LogP contribution in [0.2, 0.25) is 0 Å². The van der Waals surface area contributed by atoms with Crippen molar-refractivity contribution in [1.29, 1.82) is 0 Å². The lowest BCUT2D eigenvalue weighted by Gasteiger charge is -2.34. The van der Waals surface area contributed by atoms with Crippen molar-refractivity contribution in [2.45, 2.75) is 121 Å². The Morgan fingerprint density at radius 3 is 1.69 bits per heavy atom. The Bertz CT molecular complexity index is 2400. The fourth-order valence-corrected chi connectivity index (χ4v) is 8.84. The van der Waals surface area contributed by atoms with Crippen molar-refractivity contribution in [3.63, 3.8) is 0 Å². The maximum atomic E-state index is 12.2. The minimum atomic E-state index is -4.66. The summed E-state index contributed by atoms with van der Waals surface area (Å²) < 4.78 is 16.9. The number of hydrogen-bond donors (Lipinski definition) is 4. The maximum absolute atomic E-state index is 12.2. The summed E-state index contributed by atoms with van der Waals surface area (Å²) in [5, 5.41) is 20.0. The summed E-state index contributed by atoms with van der Waals surface area (Å²) in [5.41, 5.74) is 16.8. The monoisotopic (exact) mass is 976 g/mol. The Kier molecular flexibility index (Phi) is 22.8. The van der Waals surface area contributed by atoms with Crippen LogP contribution in [0.5, 0.6) is 0 Å². The van der Waals surface area contributed by atoms with Crippen molar-refractivity contribution in [2.75, 3.05) is 12.3 Å². The first-order valence-electron chi connectivity index (χ1n) is 21.9. The van der Waals surface area contributed by atoms with E-state index < -0.39 is 20.0 Å². The molecule has 2 heterocycles. The molecule has 4 rings (SSSR count). The van der Waals surface area contributed by atoms with E-state index in [0.717, 1.165) is 49.6 Å². The number of phosphoric acid groups is 1. The van der Waals surface area contributed by atoms with E-state index in [0.29, 0.717) is 48.6 Å². The summed E-state index contributed by atoms with van der Waals surface area (Å²) in [6.45, 7) is 24.2. The van der Waals surface area contributed by atoms with E-state index >= 15 is 0 Å². The van der Waals surface area contributed by atoms with Gasteiger partial charge in [-0.05, 0) is 94.4 Å². The number of nitrogen functional groups attached to an aromatic ring is 1. The molecule has 2 aromatic heterocycles. The smallest absolute Gasteiger partial charge is 0.265 e. The molecule has 67 heavy (non-hydrogen) atoms. The molecule has 5 N–H and O–H groups in total. The predicted octanol–water partition coefficient (Wildman–Crippen LogP) is 9.42. The van der Waals surface area contributed by atoms with E-state index in [1.54, 1.807) is 27.0 Å². The van der Waals surface area contributed by atoms with Gasteiger partial charge in [0.15, 0.2) is 23.8 Å². The number of aliphatic hydroxyl groups excluding tert-OH is 2. The Morgan fingerprint density at radius 2 is 1.25 bits per heavy atom. The van der Waals surface area contributed by atoms with Crippen molar-refractivity contribution in [1.82, 2.24) is 9.97 Å². The van der Waals surface area contributed by atoms with Crippen LogP contribution in [-0.4, -0.2) is 55.5 Å². The molecule has 364 valence electrons. The quantitative estimate of drug-likeness (QED) is 0.0710. The molecule has 0 aromatic carbocycles. The molecule has 15 heteroatoms.